The van der Waals surface area contributed by atoms with Crippen molar-refractivity contribution in [3.05, 3.63) is 77.7 Å². The monoisotopic (exact) mass is 387 g/mol. The van der Waals surface area contributed by atoms with Gasteiger partial charge in [0.05, 0.1) is 17.5 Å². The van der Waals surface area contributed by atoms with Crippen LogP contribution >= 0.6 is 0 Å². The molecule has 1 aromatic carbocycles. The lowest BCUT2D eigenvalue weighted by atomic mass is 10.00. The number of pyridine rings is 2. The molecule has 0 spiro atoms. The molecule has 4 rings (SSSR count). The van der Waals surface area contributed by atoms with E-state index < -0.39 is 0 Å². The van der Waals surface area contributed by atoms with Crippen molar-refractivity contribution in [2.45, 2.75) is 32.8 Å². The number of piperidine rings is 1. The second-order valence-electron chi connectivity index (χ2n) is 7.48. The van der Waals surface area contributed by atoms with Gasteiger partial charge in [-0.3, -0.25) is 14.8 Å². The number of aryl methyl sites for hydroxylation is 1. The molecule has 5 heteroatoms. The third-order valence-electron chi connectivity index (χ3n) is 5.56. The fourth-order valence-corrected chi connectivity index (χ4v) is 3.68. The van der Waals surface area contributed by atoms with E-state index in [1.54, 1.807) is 18.6 Å². The number of benzene rings is 1. The van der Waals surface area contributed by atoms with Crippen LogP contribution in [-0.4, -0.2) is 40.0 Å². The molecule has 0 bridgehead atoms. The SMILES string of the molecule is Cc1cccc(-c2ccc(C(=O)N3CCC(Oc4cccnc4)CC3)cn2)c1C. The first-order valence-corrected chi connectivity index (χ1v) is 10.0. The fourth-order valence-electron chi connectivity index (χ4n) is 3.68. The van der Waals surface area contributed by atoms with E-state index >= 15 is 0 Å². The van der Waals surface area contributed by atoms with E-state index in [4.69, 9.17) is 4.74 Å². The smallest absolute Gasteiger partial charge is 0.255 e. The van der Waals surface area contributed by atoms with Crippen molar-refractivity contribution in [1.82, 2.24) is 14.9 Å². The van der Waals surface area contributed by atoms with E-state index in [0.717, 1.165) is 29.8 Å². The van der Waals surface area contributed by atoms with Crippen LogP contribution in [0.25, 0.3) is 11.3 Å². The largest absolute Gasteiger partial charge is 0.489 e. The Kier molecular flexibility index (Phi) is 5.56. The van der Waals surface area contributed by atoms with Crippen molar-refractivity contribution in [2.75, 3.05) is 13.1 Å². The van der Waals surface area contributed by atoms with Gasteiger partial charge < -0.3 is 9.64 Å². The van der Waals surface area contributed by atoms with E-state index in [9.17, 15) is 4.79 Å². The van der Waals surface area contributed by atoms with Crippen LogP contribution in [0.5, 0.6) is 5.75 Å². The zero-order valence-electron chi connectivity index (χ0n) is 16.8. The van der Waals surface area contributed by atoms with Crippen LogP contribution in [-0.2, 0) is 0 Å². The van der Waals surface area contributed by atoms with Gasteiger partial charge in [-0.15, -0.1) is 0 Å². The molecule has 0 unspecified atom stereocenters. The summed E-state index contributed by atoms with van der Waals surface area (Å²) in [5.74, 6) is 0.813. The Bertz CT molecular complexity index is 979. The summed E-state index contributed by atoms with van der Waals surface area (Å²) in [5, 5.41) is 0. The first kappa shape index (κ1) is 19.1. The number of aromatic nitrogens is 2. The molecular formula is C24H25N3O2. The Labute approximate surface area is 171 Å². The van der Waals surface area contributed by atoms with Gasteiger partial charge in [-0.2, -0.15) is 0 Å². The zero-order chi connectivity index (χ0) is 20.2. The van der Waals surface area contributed by atoms with Crippen LogP contribution in [0.15, 0.2) is 61.1 Å². The van der Waals surface area contributed by atoms with Gasteiger partial charge in [-0.25, -0.2) is 0 Å². The number of carbonyl (C=O) groups is 1. The summed E-state index contributed by atoms with van der Waals surface area (Å²) in [6.45, 7) is 5.56. The van der Waals surface area contributed by atoms with E-state index in [1.807, 2.05) is 35.2 Å². The zero-order valence-corrected chi connectivity index (χ0v) is 16.8. The van der Waals surface area contributed by atoms with Gasteiger partial charge in [0.25, 0.3) is 5.91 Å². The highest BCUT2D eigenvalue weighted by Crippen LogP contribution is 2.24. The van der Waals surface area contributed by atoms with Crippen LogP contribution in [0.2, 0.25) is 0 Å². The highest BCUT2D eigenvalue weighted by molar-refractivity contribution is 5.94. The second-order valence-corrected chi connectivity index (χ2v) is 7.48. The number of nitrogens with zero attached hydrogens (tertiary/aromatic N) is 3. The lowest BCUT2D eigenvalue weighted by Gasteiger charge is -2.32. The predicted octanol–water partition coefficient (Wildman–Crippen LogP) is 4.44. The van der Waals surface area contributed by atoms with Crippen LogP contribution in [0.4, 0.5) is 0 Å². The molecule has 5 nitrogen and oxygen atoms in total. The van der Waals surface area contributed by atoms with Gasteiger partial charge >= 0.3 is 0 Å². The van der Waals surface area contributed by atoms with E-state index in [-0.39, 0.29) is 12.0 Å². The van der Waals surface area contributed by atoms with Gasteiger partial charge in [0, 0.05) is 43.9 Å². The number of ether oxygens (including phenoxy) is 1. The summed E-state index contributed by atoms with van der Waals surface area (Å²) >= 11 is 0. The standard InChI is InChI=1S/C24H25N3O2/c1-17-5-3-7-22(18(17)2)23-9-8-19(15-26-23)24(28)27-13-10-20(11-14-27)29-21-6-4-12-25-16-21/h3-9,12,15-16,20H,10-11,13-14H2,1-2H3. The van der Waals surface area contributed by atoms with Crippen molar-refractivity contribution in [1.29, 1.82) is 0 Å². The number of hydrogen-bond acceptors (Lipinski definition) is 4. The fraction of sp³-hybridized carbons (Fsp3) is 0.292. The van der Waals surface area contributed by atoms with Gasteiger partial charge in [0.15, 0.2) is 0 Å². The van der Waals surface area contributed by atoms with Crippen molar-refractivity contribution in [3.8, 4) is 17.0 Å². The molecule has 0 N–H and O–H groups in total. The minimum absolute atomic E-state index is 0.0323. The molecular weight excluding hydrogens is 362 g/mol. The third-order valence-corrected chi connectivity index (χ3v) is 5.56. The molecule has 1 aliphatic rings. The van der Waals surface area contributed by atoms with E-state index in [1.165, 1.54) is 11.1 Å². The molecule has 1 fully saturated rings. The summed E-state index contributed by atoms with van der Waals surface area (Å²) in [7, 11) is 0. The maximum atomic E-state index is 12.9. The van der Waals surface area contributed by atoms with Gasteiger partial charge in [0.1, 0.15) is 11.9 Å². The molecule has 1 saturated heterocycles. The molecule has 3 heterocycles. The third kappa shape index (κ3) is 4.29. The van der Waals surface area contributed by atoms with E-state index in [0.29, 0.717) is 18.7 Å². The predicted molar refractivity (Wildman–Crippen MR) is 113 cm³/mol. The number of amides is 1. The second kappa shape index (κ2) is 8.43. The highest BCUT2D eigenvalue weighted by atomic mass is 16.5. The van der Waals surface area contributed by atoms with Crippen LogP contribution in [0, 0.1) is 13.8 Å². The lowest BCUT2D eigenvalue weighted by molar-refractivity contribution is 0.0594. The number of likely N-dealkylation sites (tertiary alicyclic amines) is 1. The molecule has 148 valence electrons. The Hall–Kier alpha value is -3.21. The van der Waals surface area contributed by atoms with E-state index in [2.05, 4.69) is 35.9 Å². The van der Waals surface area contributed by atoms with Crippen molar-refractivity contribution >= 4 is 5.91 Å². The highest BCUT2D eigenvalue weighted by Gasteiger charge is 2.25. The Balaban J connectivity index is 1.38. The minimum Gasteiger partial charge on any atom is -0.489 e. The molecule has 1 amide bonds. The molecule has 1 aliphatic heterocycles. The Morgan fingerprint density at radius 1 is 1.03 bits per heavy atom. The number of hydrogen-bond donors (Lipinski definition) is 0. The van der Waals surface area contributed by atoms with Crippen molar-refractivity contribution < 1.29 is 9.53 Å². The number of carbonyl (C=O) groups excluding carboxylic acids is 1. The first-order valence-electron chi connectivity index (χ1n) is 10.0. The lowest BCUT2D eigenvalue weighted by Crippen LogP contribution is -2.41. The Morgan fingerprint density at radius 3 is 2.55 bits per heavy atom. The van der Waals surface area contributed by atoms with Gasteiger partial charge in [-0.05, 0) is 49.2 Å². The summed E-state index contributed by atoms with van der Waals surface area (Å²) in [5.41, 5.74) is 5.09. The van der Waals surface area contributed by atoms with Crippen molar-refractivity contribution in [2.24, 2.45) is 0 Å². The topological polar surface area (TPSA) is 55.3 Å². The average Bonchev–Trinajstić information content (AvgIpc) is 2.77. The molecule has 29 heavy (non-hydrogen) atoms. The molecule has 3 aromatic rings. The molecule has 2 aromatic heterocycles. The maximum absolute atomic E-state index is 12.9. The summed E-state index contributed by atoms with van der Waals surface area (Å²) in [4.78, 5) is 23.4. The molecule has 0 radical (unpaired) electrons. The first-order chi connectivity index (χ1) is 14.1. The quantitative estimate of drug-likeness (QED) is 0.664. The summed E-state index contributed by atoms with van der Waals surface area (Å²) < 4.78 is 5.96. The maximum Gasteiger partial charge on any atom is 0.255 e. The summed E-state index contributed by atoms with van der Waals surface area (Å²) in [6.07, 6.45) is 6.89. The summed E-state index contributed by atoms with van der Waals surface area (Å²) in [6, 6.07) is 13.8. The normalized spacial score (nSPS) is 14.6. The minimum atomic E-state index is 0.0323. The van der Waals surface area contributed by atoms with Gasteiger partial charge in [-0.1, -0.05) is 18.2 Å². The average molecular weight is 387 g/mol. The van der Waals surface area contributed by atoms with Crippen LogP contribution in [0.3, 0.4) is 0 Å². The number of rotatable bonds is 4. The van der Waals surface area contributed by atoms with Crippen LogP contribution < -0.4 is 4.74 Å². The molecule has 0 aliphatic carbocycles. The Morgan fingerprint density at radius 2 is 1.86 bits per heavy atom. The molecule has 0 atom stereocenters. The van der Waals surface area contributed by atoms with Crippen LogP contribution in [0.1, 0.15) is 34.3 Å². The molecule has 0 saturated carbocycles. The van der Waals surface area contributed by atoms with Gasteiger partial charge in [0.2, 0.25) is 0 Å². The van der Waals surface area contributed by atoms with Crippen molar-refractivity contribution in [3.63, 3.8) is 0 Å².